The van der Waals surface area contributed by atoms with Crippen LogP contribution in [0.15, 0.2) is 12.2 Å². The molecule has 1 atom stereocenters. The molecule has 0 N–H and O–H groups in total. The lowest BCUT2D eigenvalue weighted by atomic mass is 10.2. The third kappa shape index (κ3) is 5.83. The van der Waals surface area contributed by atoms with E-state index >= 15 is 0 Å². The zero-order chi connectivity index (χ0) is 7.82. The molecule has 0 aromatic carbocycles. The molecule has 0 aliphatic heterocycles. The smallest absolute Gasteiger partial charge is 0.142 e. The van der Waals surface area contributed by atoms with Crippen LogP contribution in [0.4, 0.5) is 0 Å². The van der Waals surface area contributed by atoms with Gasteiger partial charge in [0, 0.05) is 0 Å². The van der Waals surface area contributed by atoms with Gasteiger partial charge >= 0.3 is 0 Å². The summed E-state index contributed by atoms with van der Waals surface area (Å²) in [6.45, 7) is 2.12. The number of halogens is 1. The molecule has 0 aliphatic rings. The van der Waals surface area contributed by atoms with E-state index in [0.29, 0.717) is 0 Å². The standard InChI is InChI=1S/C8H13ClO/c1-2-3-5-8(9)6-4-7-10/h4,6-8H,2-3,5H2,1H3. The third-order valence-corrected chi connectivity index (χ3v) is 1.60. The number of alkyl halides is 1. The lowest BCUT2D eigenvalue weighted by molar-refractivity contribution is -0.104. The second kappa shape index (κ2) is 6.81. The Morgan fingerprint density at radius 2 is 2.30 bits per heavy atom. The van der Waals surface area contributed by atoms with E-state index in [2.05, 4.69) is 6.92 Å². The van der Waals surface area contributed by atoms with E-state index in [-0.39, 0.29) is 5.38 Å². The maximum atomic E-state index is 9.84. The number of hydrogen-bond acceptors (Lipinski definition) is 1. The van der Waals surface area contributed by atoms with Crippen LogP contribution in [0.1, 0.15) is 26.2 Å². The Bertz CT molecular complexity index is 110. The maximum absolute atomic E-state index is 9.84. The fraction of sp³-hybridized carbons (Fsp3) is 0.625. The molecular weight excluding hydrogens is 148 g/mol. The predicted molar refractivity (Wildman–Crippen MR) is 44.4 cm³/mol. The van der Waals surface area contributed by atoms with Gasteiger partial charge in [0.2, 0.25) is 0 Å². The first-order valence-corrected chi connectivity index (χ1v) is 4.01. The predicted octanol–water partition coefficient (Wildman–Crippen LogP) is 2.54. The molecule has 0 saturated carbocycles. The molecule has 58 valence electrons. The third-order valence-electron chi connectivity index (χ3n) is 1.23. The van der Waals surface area contributed by atoms with Gasteiger partial charge in [0.15, 0.2) is 0 Å². The molecule has 0 radical (unpaired) electrons. The number of unbranched alkanes of at least 4 members (excludes halogenated alkanes) is 1. The number of rotatable bonds is 5. The number of hydrogen-bond donors (Lipinski definition) is 0. The van der Waals surface area contributed by atoms with Crippen LogP contribution < -0.4 is 0 Å². The second-order valence-corrected chi connectivity index (χ2v) is 2.74. The molecule has 0 aromatic heterocycles. The summed E-state index contributed by atoms with van der Waals surface area (Å²) in [6, 6.07) is 0. The van der Waals surface area contributed by atoms with Crippen LogP contribution in [0.2, 0.25) is 0 Å². The number of allylic oxidation sites excluding steroid dienone is 2. The first-order valence-electron chi connectivity index (χ1n) is 3.57. The van der Waals surface area contributed by atoms with Crippen molar-refractivity contribution in [3.63, 3.8) is 0 Å². The van der Waals surface area contributed by atoms with Gasteiger partial charge in [-0.2, -0.15) is 0 Å². The topological polar surface area (TPSA) is 17.1 Å². The van der Waals surface area contributed by atoms with Gasteiger partial charge in [0.1, 0.15) is 6.29 Å². The summed E-state index contributed by atoms with van der Waals surface area (Å²) in [5.74, 6) is 0. The van der Waals surface area contributed by atoms with E-state index in [9.17, 15) is 4.79 Å². The highest BCUT2D eigenvalue weighted by molar-refractivity contribution is 6.21. The van der Waals surface area contributed by atoms with Crippen LogP contribution in [0, 0.1) is 0 Å². The van der Waals surface area contributed by atoms with Crippen molar-refractivity contribution in [3.8, 4) is 0 Å². The molecule has 0 bridgehead atoms. The molecule has 0 aliphatic carbocycles. The van der Waals surface area contributed by atoms with Gasteiger partial charge in [-0.3, -0.25) is 4.79 Å². The van der Waals surface area contributed by atoms with Crippen LogP contribution in [0.25, 0.3) is 0 Å². The van der Waals surface area contributed by atoms with Crippen LogP contribution >= 0.6 is 11.6 Å². The number of carbonyl (C=O) groups is 1. The van der Waals surface area contributed by atoms with Crippen molar-refractivity contribution in [2.24, 2.45) is 0 Å². The summed E-state index contributed by atoms with van der Waals surface area (Å²) in [5, 5.41) is 0.0325. The van der Waals surface area contributed by atoms with Crippen molar-refractivity contribution >= 4 is 17.9 Å². The Morgan fingerprint density at radius 3 is 2.80 bits per heavy atom. The summed E-state index contributed by atoms with van der Waals surface area (Å²) >= 11 is 5.79. The van der Waals surface area contributed by atoms with Gasteiger partial charge in [-0.1, -0.05) is 25.8 Å². The van der Waals surface area contributed by atoms with E-state index in [0.717, 1.165) is 25.5 Å². The molecule has 1 unspecified atom stereocenters. The van der Waals surface area contributed by atoms with Gasteiger partial charge in [0.25, 0.3) is 0 Å². The van der Waals surface area contributed by atoms with E-state index in [1.54, 1.807) is 6.08 Å². The van der Waals surface area contributed by atoms with Crippen molar-refractivity contribution in [1.82, 2.24) is 0 Å². The van der Waals surface area contributed by atoms with Crippen molar-refractivity contribution in [2.75, 3.05) is 0 Å². The van der Waals surface area contributed by atoms with E-state index < -0.39 is 0 Å². The molecule has 0 amide bonds. The molecule has 0 saturated heterocycles. The molecule has 0 heterocycles. The maximum Gasteiger partial charge on any atom is 0.142 e. The highest BCUT2D eigenvalue weighted by atomic mass is 35.5. The van der Waals surface area contributed by atoms with Crippen LogP contribution in [0.5, 0.6) is 0 Å². The number of aldehydes is 1. The Balaban J connectivity index is 3.32. The largest absolute Gasteiger partial charge is 0.299 e. The molecule has 10 heavy (non-hydrogen) atoms. The Hall–Kier alpha value is -0.300. The molecule has 1 nitrogen and oxygen atoms in total. The minimum Gasteiger partial charge on any atom is -0.299 e. The van der Waals surface area contributed by atoms with E-state index in [1.165, 1.54) is 6.08 Å². The second-order valence-electron chi connectivity index (χ2n) is 2.18. The molecule has 0 fully saturated rings. The lowest BCUT2D eigenvalue weighted by Crippen LogP contribution is -1.91. The average Bonchev–Trinajstić information content (AvgIpc) is 1.97. The van der Waals surface area contributed by atoms with Gasteiger partial charge in [0.05, 0.1) is 5.38 Å². The molecule has 2 heteroatoms. The van der Waals surface area contributed by atoms with Crippen molar-refractivity contribution < 1.29 is 4.79 Å². The summed E-state index contributed by atoms with van der Waals surface area (Å²) in [6.07, 6.45) is 7.16. The monoisotopic (exact) mass is 160 g/mol. The fourth-order valence-electron chi connectivity index (χ4n) is 0.661. The highest BCUT2D eigenvalue weighted by Gasteiger charge is 1.96. The van der Waals surface area contributed by atoms with E-state index in [4.69, 9.17) is 11.6 Å². The summed E-state index contributed by atoms with van der Waals surface area (Å²) in [4.78, 5) is 9.84. The van der Waals surface area contributed by atoms with Gasteiger partial charge < -0.3 is 0 Å². The molecule has 0 spiro atoms. The summed E-state index contributed by atoms with van der Waals surface area (Å²) in [5.41, 5.74) is 0. The minimum absolute atomic E-state index is 0.0325. The van der Waals surface area contributed by atoms with Gasteiger partial charge in [-0.05, 0) is 12.5 Å². The summed E-state index contributed by atoms with van der Waals surface area (Å²) in [7, 11) is 0. The quantitative estimate of drug-likeness (QED) is 0.343. The average molecular weight is 161 g/mol. The van der Waals surface area contributed by atoms with Crippen LogP contribution in [0.3, 0.4) is 0 Å². The molecule has 0 rings (SSSR count). The van der Waals surface area contributed by atoms with Gasteiger partial charge in [-0.15, -0.1) is 11.6 Å². The molecular formula is C8H13ClO. The Kier molecular flexibility index (Phi) is 6.61. The minimum atomic E-state index is 0.0325. The highest BCUT2D eigenvalue weighted by Crippen LogP contribution is 2.07. The van der Waals surface area contributed by atoms with Crippen LogP contribution in [-0.4, -0.2) is 11.7 Å². The van der Waals surface area contributed by atoms with Crippen molar-refractivity contribution in [3.05, 3.63) is 12.2 Å². The first-order chi connectivity index (χ1) is 4.81. The first kappa shape index (κ1) is 9.70. The van der Waals surface area contributed by atoms with Gasteiger partial charge in [-0.25, -0.2) is 0 Å². The summed E-state index contributed by atoms with van der Waals surface area (Å²) < 4.78 is 0. The Morgan fingerprint density at radius 1 is 1.60 bits per heavy atom. The SMILES string of the molecule is CCCCC(Cl)C=CC=O. The van der Waals surface area contributed by atoms with Crippen molar-refractivity contribution in [2.45, 2.75) is 31.6 Å². The lowest BCUT2D eigenvalue weighted by Gasteiger charge is -1.99. The van der Waals surface area contributed by atoms with E-state index in [1.807, 2.05) is 0 Å². The number of carbonyl (C=O) groups excluding carboxylic acids is 1. The molecule has 0 aromatic rings. The fourth-order valence-corrected chi connectivity index (χ4v) is 0.900. The van der Waals surface area contributed by atoms with Crippen molar-refractivity contribution in [1.29, 1.82) is 0 Å². The van der Waals surface area contributed by atoms with Crippen LogP contribution in [-0.2, 0) is 4.79 Å². The zero-order valence-corrected chi connectivity index (χ0v) is 6.97. The Labute approximate surface area is 67.1 Å². The normalized spacial score (nSPS) is 13.8. The zero-order valence-electron chi connectivity index (χ0n) is 6.22.